The second-order valence-corrected chi connectivity index (χ2v) is 6.60. The largest absolute Gasteiger partial charge is 0.288 e. The Balaban J connectivity index is 2.23. The van der Waals surface area contributed by atoms with Crippen molar-refractivity contribution in [3.05, 3.63) is 34.9 Å². The fourth-order valence-electron chi connectivity index (χ4n) is 2.15. The number of hydroxylamine groups is 1. The lowest BCUT2D eigenvalue weighted by molar-refractivity contribution is 0.0706. The van der Waals surface area contributed by atoms with Crippen LogP contribution in [0.15, 0.2) is 18.2 Å². The summed E-state index contributed by atoms with van der Waals surface area (Å²) in [6.07, 6.45) is 0.577. The molecule has 0 atom stereocenters. The van der Waals surface area contributed by atoms with Crippen LogP contribution in [0.3, 0.4) is 0 Å². The minimum absolute atomic E-state index is 0.130. The number of hydrogen-bond donors (Lipinski definition) is 2. The number of amides is 1. The lowest BCUT2D eigenvalue weighted by Crippen LogP contribution is -2.27. The molecule has 0 aromatic heterocycles. The smallest absolute Gasteiger partial charge is 0.274 e. The van der Waals surface area contributed by atoms with E-state index in [1.807, 2.05) is 6.92 Å². The predicted molar refractivity (Wildman–Crippen MR) is 69.0 cm³/mol. The lowest BCUT2D eigenvalue weighted by Gasteiger charge is -2.14. The monoisotopic (exact) mass is 284 g/mol. The number of nitrogens with zero attached hydrogens (tertiary/aromatic N) is 1. The summed E-state index contributed by atoms with van der Waals surface area (Å²) in [5, 5.41) is 8.58. The van der Waals surface area contributed by atoms with Crippen molar-refractivity contribution in [1.29, 1.82) is 0 Å². The summed E-state index contributed by atoms with van der Waals surface area (Å²) in [4.78, 5) is 11.3. The van der Waals surface area contributed by atoms with Crippen LogP contribution < -0.4 is 5.48 Å². The fourth-order valence-corrected chi connectivity index (χ4v) is 3.60. The van der Waals surface area contributed by atoms with Crippen molar-refractivity contribution in [1.82, 2.24) is 9.79 Å². The van der Waals surface area contributed by atoms with Gasteiger partial charge in [-0.1, -0.05) is 13.0 Å². The number of rotatable bonds is 4. The summed E-state index contributed by atoms with van der Waals surface area (Å²) < 4.78 is 25.4. The van der Waals surface area contributed by atoms with Crippen molar-refractivity contribution < 1.29 is 18.4 Å². The average Bonchev–Trinajstić information content (AvgIpc) is 2.81. The third-order valence-corrected chi connectivity index (χ3v) is 5.09. The number of carbonyl (C=O) groups excluding carboxylic acids is 1. The van der Waals surface area contributed by atoms with Crippen LogP contribution in [0.2, 0.25) is 0 Å². The molecule has 1 aliphatic rings. The quantitative estimate of drug-likeness (QED) is 0.634. The fraction of sp³-hybridized carbons (Fsp3) is 0.417. The van der Waals surface area contributed by atoms with Gasteiger partial charge in [-0.2, -0.15) is 4.31 Å². The van der Waals surface area contributed by atoms with Crippen LogP contribution in [-0.2, 0) is 23.1 Å². The topological polar surface area (TPSA) is 86.7 Å². The molecule has 0 radical (unpaired) electrons. The molecule has 7 heteroatoms. The van der Waals surface area contributed by atoms with Crippen molar-refractivity contribution in [3.8, 4) is 0 Å². The molecule has 1 amide bonds. The van der Waals surface area contributed by atoms with E-state index in [1.165, 1.54) is 4.31 Å². The summed E-state index contributed by atoms with van der Waals surface area (Å²) in [7, 11) is -3.23. The van der Waals surface area contributed by atoms with Gasteiger partial charge in [-0.15, -0.1) is 0 Å². The molecular formula is C12H16N2O4S. The minimum Gasteiger partial charge on any atom is -0.288 e. The zero-order valence-electron chi connectivity index (χ0n) is 10.6. The van der Waals surface area contributed by atoms with Crippen molar-refractivity contribution in [3.63, 3.8) is 0 Å². The number of sulfonamides is 1. The zero-order valence-corrected chi connectivity index (χ0v) is 11.4. The number of hydrogen-bond acceptors (Lipinski definition) is 4. The molecule has 0 unspecified atom stereocenters. The molecule has 0 saturated carbocycles. The van der Waals surface area contributed by atoms with E-state index >= 15 is 0 Å². The SMILES string of the molecule is CCCS(=O)(=O)N1Cc2ccc(C(=O)NO)cc2C1. The Kier molecular flexibility index (Phi) is 3.88. The maximum Gasteiger partial charge on any atom is 0.274 e. The molecule has 1 aromatic rings. The summed E-state index contributed by atoms with van der Waals surface area (Å²) in [6, 6.07) is 4.91. The summed E-state index contributed by atoms with van der Waals surface area (Å²) >= 11 is 0. The van der Waals surface area contributed by atoms with Gasteiger partial charge >= 0.3 is 0 Å². The molecule has 1 aliphatic heterocycles. The summed E-state index contributed by atoms with van der Waals surface area (Å²) in [6.45, 7) is 2.45. The van der Waals surface area contributed by atoms with Crippen molar-refractivity contribution in [2.24, 2.45) is 0 Å². The molecule has 2 N–H and O–H groups in total. The van der Waals surface area contributed by atoms with E-state index in [2.05, 4.69) is 0 Å². The molecule has 19 heavy (non-hydrogen) atoms. The normalized spacial score (nSPS) is 15.3. The van der Waals surface area contributed by atoms with E-state index in [0.29, 0.717) is 18.5 Å². The Bertz CT molecular complexity index is 598. The van der Waals surface area contributed by atoms with Gasteiger partial charge in [0.2, 0.25) is 10.0 Å². The first-order chi connectivity index (χ1) is 8.97. The molecule has 6 nitrogen and oxygen atoms in total. The number of fused-ring (bicyclic) bond motifs is 1. The van der Waals surface area contributed by atoms with E-state index in [9.17, 15) is 13.2 Å². The Hall–Kier alpha value is -1.44. The maximum absolute atomic E-state index is 12.0. The first-order valence-corrected chi connectivity index (χ1v) is 7.63. The Morgan fingerprint density at radius 3 is 2.68 bits per heavy atom. The zero-order chi connectivity index (χ0) is 14.0. The standard InChI is InChI=1S/C12H16N2O4S/c1-2-5-19(17,18)14-7-10-4-3-9(12(15)13-16)6-11(10)8-14/h3-4,6,16H,2,5,7-8H2,1H3,(H,13,15). The molecule has 2 rings (SSSR count). The van der Waals surface area contributed by atoms with Gasteiger partial charge in [0.05, 0.1) is 5.75 Å². The number of benzene rings is 1. The second-order valence-electron chi connectivity index (χ2n) is 4.51. The van der Waals surface area contributed by atoms with Crippen LogP contribution >= 0.6 is 0 Å². The molecule has 0 fully saturated rings. The highest BCUT2D eigenvalue weighted by molar-refractivity contribution is 7.89. The van der Waals surface area contributed by atoms with Crippen molar-refractivity contribution >= 4 is 15.9 Å². The predicted octanol–water partition coefficient (Wildman–Crippen LogP) is 0.861. The van der Waals surface area contributed by atoms with Crippen LogP contribution in [0.5, 0.6) is 0 Å². The molecule has 0 bridgehead atoms. The Morgan fingerprint density at radius 2 is 2.05 bits per heavy atom. The Morgan fingerprint density at radius 1 is 1.37 bits per heavy atom. The molecule has 0 aliphatic carbocycles. The van der Waals surface area contributed by atoms with E-state index in [-0.39, 0.29) is 12.3 Å². The van der Waals surface area contributed by atoms with Crippen LogP contribution in [-0.4, -0.2) is 29.6 Å². The van der Waals surface area contributed by atoms with Crippen molar-refractivity contribution in [2.45, 2.75) is 26.4 Å². The van der Waals surface area contributed by atoms with Gasteiger partial charge in [0.15, 0.2) is 0 Å². The average molecular weight is 284 g/mol. The summed E-state index contributed by atoms with van der Waals surface area (Å²) in [5.41, 5.74) is 3.58. The van der Waals surface area contributed by atoms with Crippen LogP contribution in [0.25, 0.3) is 0 Å². The van der Waals surface area contributed by atoms with E-state index in [0.717, 1.165) is 11.1 Å². The van der Waals surface area contributed by atoms with Gasteiger partial charge in [0.25, 0.3) is 5.91 Å². The third-order valence-electron chi connectivity index (χ3n) is 3.12. The number of nitrogens with one attached hydrogen (secondary N) is 1. The molecule has 1 heterocycles. The molecule has 1 aromatic carbocycles. The third kappa shape index (κ3) is 2.78. The van der Waals surface area contributed by atoms with Crippen LogP contribution in [0, 0.1) is 0 Å². The molecule has 104 valence electrons. The van der Waals surface area contributed by atoms with Crippen LogP contribution in [0.1, 0.15) is 34.8 Å². The van der Waals surface area contributed by atoms with Gasteiger partial charge in [-0.25, -0.2) is 13.9 Å². The highest BCUT2D eigenvalue weighted by Gasteiger charge is 2.28. The highest BCUT2D eigenvalue weighted by Crippen LogP contribution is 2.26. The van der Waals surface area contributed by atoms with Gasteiger partial charge < -0.3 is 0 Å². The van der Waals surface area contributed by atoms with E-state index in [1.54, 1.807) is 23.7 Å². The Labute approximate surface area is 112 Å². The van der Waals surface area contributed by atoms with E-state index < -0.39 is 15.9 Å². The number of carbonyl (C=O) groups is 1. The maximum atomic E-state index is 12.0. The van der Waals surface area contributed by atoms with Gasteiger partial charge in [0.1, 0.15) is 0 Å². The second kappa shape index (κ2) is 5.28. The molecule has 0 saturated heterocycles. The summed E-state index contributed by atoms with van der Waals surface area (Å²) in [5.74, 6) is -0.469. The van der Waals surface area contributed by atoms with Crippen molar-refractivity contribution in [2.75, 3.05) is 5.75 Å². The first-order valence-electron chi connectivity index (χ1n) is 6.02. The van der Waals surface area contributed by atoms with Gasteiger partial charge in [0, 0.05) is 18.7 Å². The van der Waals surface area contributed by atoms with E-state index in [4.69, 9.17) is 5.21 Å². The molecular weight excluding hydrogens is 268 g/mol. The molecule has 0 spiro atoms. The highest BCUT2D eigenvalue weighted by atomic mass is 32.2. The lowest BCUT2D eigenvalue weighted by atomic mass is 10.1. The minimum atomic E-state index is -3.23. The van der Waals surface area contributed by atoms with Gasteiger partial charge in [-0.3, -0.25) is 10.0 Å². The van der Waals surface area contributed by atoms with Gasteiger partial charge in [-0.05, 0) is 29.7 Å². The first kappa shape index (κ1) is 14.0. The van der Waals surface area contributed by atoms with Crippen LogP contribution in [0.4, 0.5) is 0 Å².